The molecule has 2 rings (SSSR count). The maximum absolute atomic E-state index is 12.4. The van der Waals surface area contributed by atoms with E-state index in [4.69, 9.17) is 0 Å². The summed E-state index contributed by atoms with van der Waals surface area (Å²) >= 11 is 0. The zero-order valence-electron chi connectivity index (χ0n) is 12.7. The van der Waals surface area contributed by atoms with E-state index in [9.17, 15) is 14.4 Å². The minimum atomic E-state index is -1.05. The number of imide groups is 2. The summed E-state index contributed by atoms with van der Waals surface area (Å²) in [6, 6.07) is 8.49. The van der Waals surface area contributed by atoms with Gasteiger partial charge < -0.3 is 0 Å². The number of carbonyl (C=O) groups is 3. The van der Waals surface area contributed by atoms with Crippen molar-refractivity contribution >= 4 is 24.1 Å². The number of nitrogens with one attached hydrogen (secondary N) is 1. The fourth-order valence-electron chi connectivity index (χ4n) is 2.02. The fourth-order valence-corrected chi connectivity index (χ4v) is 2.02. The zero-order chi connectivity index (χ0) is 16.1. The van der Waals surface area contributed by atoms with Crippen molar-refractivity contribution < 1.29 is 14.4 Å². The Labute approximate surface area is 129 Å². The minimum absolute atomic E-state index is 0.0285. The summed E-state index contributed by atoms with van der Waals surface area (Å²) in [5, 5.41) is 2.21. The van der Waals surface area contributed by atoms with Gasteiger partial charge in [0.05, 0.1) is 6.54 Å². The molecule has 22 heavy (non-hydrogen) atoms. The Morgan fingerprint density at radius 2 is 1.95 bits per heavy atom. The zero-order valence-corrected chi connectivity index (χ0v) is 12.7. The molecular weight excluding hydrogens is 282 g/mol. The van der Waals surface area contributed by atoms with Crippen LogP contribution in [0, 0.1) is 5.92 Å². The molecule has 4 amide bonds. The Balaban J connectivity index is 2.16. The van der Waals surface area contributed by atoms with Crippen LogP contribution in [0.1, 0.15) is 25.8 Å². The second-order valence-electron chi connectivity index (χ2n) is 5.24. The summed E-state index contributed by atoms with van der Waals surface area (Å²) in [7, 11) is 0. The van der Waals surface area contributed by atoms with Crippen LogP contribution in [0.4, 0.5) is 4.79 Å². The molecule has 1 aromatic carbocycles. The summed E-state index contributed by atoms with van der Waals surface area (Å²) in [6.45, 7) is 4.00. The highest BCUT2D eigenvalue weighted by molar-refractivity contribution is 6.23. The van der Waals surface area contributed by atoms with Gasteiger partial charge in [0.2, 0.25) is 11.8 Å². The van der Waals surface area contributed by atoms with Crippen molar-refractivity contribution in [1.29, 1.82) is 0 Å². The van der Waals surface area contributed by atoms with Crippen molar-refractivity contribution in [3.8, 4) is 0 Å². The number of benzene rings is 1. The minimum Gasteiger partial charge on any atom is -0.293 e. The Hall–Kier alpha value is -2.50. The van der Waals surface area contributed by atoms with E-state index in [-0.39, 0.29) is 12.6 Å². The number of hydrogen-bond acceptors (Lipinski definition) is 4. The van der Waals surface area contributed by atoms with Crippen molar-refractivity contribution in [3.63, 3.8) is 0 Å². The quantitative estimate of drug-likeness (QED) is 0.664. The van der Waals surface area contributed by atoms with Crippen LogP contribution in [0.15, 0.2) is 35.3 Å². The Bertz CT molecular complexity index is 598. The van der Waals surface area contributed by atoms with E-state index in [0.717, 1.165) is 16.9 Å². The molecule has 6 heteroatoms. The molecule has 0 aromatic heterocycles. The molecule has 1 heterocycles. The summed E-state index contributed by atoms with van der Waals surface area (Å²) < 4.78 is 0. The lowest BCUT2D eigenvalue weighted by atomic mass is 10.1. The molecule has 1 aliphatic heterocycles. The molecule has 2 atom stereocenters. The molecule has 0 radical (unpaired) electrons. The van der Waals surface area contributed by atoms with E-state index in [1.54, 1.807) is 0 Å². The highest BCUT2D eigenvalue weighted by atomic mass is 16.2. The predicted molar refractivity (Wildman–Crippen MR) is 82.3 cm³/mol. The molecule has 0 bridgehead atoms. The lowest BCUT2D eigenvalue weighted by molar-refractivity contribution is -0.139. The van der Waals surface area contributed by atoms with Gasteiger partial charge in [-0.05, 0) is 18.9 Å². The number of amides is 4. The van der Waals surface area contributed by atoms with E-state index < -0.39 is 23.8 Å². The first-order valence-electron chi connectivity index (χ1n) is 7.26. The van der Waals surface area contributed by atoms with Crippen molar-refractivity contribution in [1.82, 2.24) is 10.2 Å². The first kappa shape index (κ1) is 15.9. The summed E-state index contributed by atoms with van der Waals surface area (Å²) in [6.07, 6.45) is 2.15. The third-order valence-corrected chi connectivity index (χ3v) is 3.55. The predicted octanol–water partition coefficient (Wildman–Crippen LogP) is 1.75. The van der Waals surface area contributed by atoms with E-state index in [1.165, 1.54) is 6.21 Å². The molecule has 0 spiro atoms. The first-order chi connectivity index (χ1) is 10.5. The van der Waals surface area contributed by atoms with E-state index in [2.05, 4.69) is 10.3 Å². The van der Waals surface area contributed by atoms with Crippen molar-refractivity contribution in [2.75, 3.05) is 0 Å². The van der Waals surface area contributed by atoms with Gasteiger partial charge in [0.1, 0.15) is 0 Å². The van der Waals surface area contributed by atoms with Gasteiger partial charge in [-0.3, -0.25) is 24.8 Å². The highest BCUT2D eigenvalue weighted by Gasteiger charge is 2.39. The summed E-state index contributed by atoms with van der Waals surface area (Å²) in [5.74, 6) is -2.20. The number of urea groups is 1. The number of hydrogen-bond donors (Lipinski definition) is 1. The topological polar surface area (TPSA) is 78.8 Å². The lowest BCUT2D eigenvalue weighted by Gasteiger charge is -2.28. The van der Waals surface area contributed by atoms with Crippen LogP contribution in [-0.4, -0.2) is 35.0 Å². The summed E-state index contributed by atoms with van der Waals surface area (Å²) in [5.41, 5.74) is 0.818. The fraction of sp³-hybridized carbons (Fsp3) is 0.375. The molecule has 6 nitrogen and oxygen atoms in total. The molecule has 1 aliphatic rings. The normalized spacial score (nSPS) is 20.4. The van der Waals surface area contributed by atoms with Gasteiger partial charge in [0.15, 0.2) is 5.92 Å². The van der Waals surface area contributed by atoms with Crippen LogP contribution >= 0.6 is 0 Å². The second kappa shape index (κ2) is 6.98. The van der Waals surface area contributed by atoms with E-state index in [1.807, 2.05) is 44.2 Å². The molecule has 1 aromatic rings. The van der Waals surface area contributed by atoms with Gasteiger partial charge in [0, 0.05) is 12.3 Å². The maximum Gasteiger partial charge on any atom is 0.331 e. The van der Waals surface area contributed by atoms with Gasteiger partial charge in [-0.15, -0.1) is 0 Å². The van der Waals surface area contributed by atoms with Gasteiger partial charge >= 0.3 is 6.03 Å². The Kier molecular flexibility index (Phi) is 5.04. The molecule has 0 saturated carbocycles. The highest BCUT2D eigenvalue weighted by Crippen LogP contribution is 2.14. The first-order valence-corrected chi connectivity index (χ1v) is 7.26. The third kappa shape index (κ3) is 3.58. The Morgan fingerprint density at radius 1 is 1.27 bits per heavy atom. The van der Waals surface area contributed by atoms with Gasteiger partial charge in [0.25, 0.3) is 0 Å². The molecular formula is C16H19N3O3. The van der Waals surface area contributed by atoms with Crippen LogP contribution in [-0.2, 0) is 16.1 Å². The monoisotopic (exact) mass is 301 g/mol. The van der Waals surface area contributed by atoms with Gasteiger partial charge in [-0.1, -0.05) is 37.3 Å². The number of rotatable bonds is 5. The molecule has 1 saturated heterocycles. The molecule has 0 aliphatic carbocycles. The number of barbiturate groups is 1. The second-order valence-corrected chi connectivity index (χ2v) is 5.24. The van der Waals surface area contributed by atoms with Gasteiger partial charge in [-0.2, -0.15) is 0 Å². The molecule has 1 N–H and O–H groups in total. The molecule has 1 unspecified atom stereocenters. The average Bonchev–Trinajstić information content (AvgIpc) is 2.51. The van der Waals surface area contributed by atoms with Crippen LogP contribution < -0.4 is 5.32 Å². The van der Waals surface area contributed by atoms with Crippen LogP contribution in [0.2, 0.25) is 0 Å². The Morgan fingerprint density at radius 3 is 2.59 bits per heavy atom. The van der Waals surface area contributed by atoms with Crippen LogP contribution in [0.3, 0.4) is 0 Å². The molecule has 1 fully saturated rings. The van der Waals surface area contributed by atoms with E-state index >= 15 is 0 Å². The SMILES string of the molecule is CC[C@@H](C)N=CC1C(=O)NC(=O)N(Cc2ccccc2)C1=O. The maximum atomic E-state index is 12.4. The third-order valence-electron chi connectivity index (χ3n) is 3.55. The van der Waals surface area contributed by atoms with Crippen molar-refractivity contribution in [3.05, 3.63) is 35.9 Å². The lowest BCUT2D eigenvalue weighted by Crippen LogP contribution is -2.57. The van der Waals surface area contributed by atoms with Crippen LogP contribution in [0.5, 0.6) is 0 Å². The van der Waals surface area contributed by atoms with Crippen molar-refractivity contribution in [2.45, 2.75) is 32.9 Å². The largest absolute Gasteiger partial charge is 0.331 e. The van der Waals surface area contributed by atoms with Gasteiger partial charge in [-0.25, -0.2) is 4.79 Å². The van der Waals surface area contributed by atoms with Crippen molar-refractivity contribution in [2.24, 2.45) is 10.9 Å². The van der Waals surface area contributed by atoms with Crippen LogP contribution in [0.25, 0.3) is 0 Å². The number of carbonyl (C=O) groups excluding carboxylic acids is 3. The molecule has 116 valence electrons. The number of nitrogens with zero attached hydrogens (tertiary/aromatic N) is 2. The average molecular weight is 301 g/mol. The summed E-state index contributed by atoms with van der Waals surface area (Å²) in [4.78, 5) is 41.4. The van der Waals surface area contributed by atoms with E-state index in [0.29, 0.717) is 0 Å². The smallest absolute Gasteiger partial charge is 0.293 e. The standard InChI is InChI=1S/C16H19N3O3/c1-3-11(2)17-9-13-14(20)18-16(22)19(15(13)21)10-12-7-5-4-6-8-12/h4-9,11,13H,3,10H2,1-2H3,(H,18,20,22)/t11-,13?/m1/s1. The number of aliphatic imine (C=N–C) groups is 1.